The average Bonchev–Trinajstić information content (AvgIpc) is 1.12. The van der Waals surface area contributed by atoms with Crippen molar-refractivity contribution in [3.8, 4) is 0 Å². The van der Waals surface area contributed by atoms with Gasteiger partial charge in [-0.2, -0.15) is 8.42 Å². The molecule has 8 nitrogen and oxygen atoms in total. The molecular weight excluding hydrogens is 215 g/mol. The van der Waals surface area contributed by atoms with Gasteiger partial charge in [0.05, 0.1) is 7.82 Å². The molecular formula is H3MgO8PS. The number of rotatable bonds is 0. The zero-order valence-electron chi connectivity index (χ0n) is 4.95. The zero-order valence-corrected chi connectivity index (χ0v) is 8.07. The van der Waals surface area contributed by atoms with Gasteiger partial charge in [-0.05, 0) is 0 Å². The molecule has 0 aliphatic rings. The summed E-state index contributed by atoms with van der Waals surface area (Å²) in [6.07, 6.45) is 0. The van der Waals surface area contributed by atoms with E-state index >= 15 is 0 Å². The molecule has 0 aliphatic carbocycles. The third-order valence-electron chi connectivity index (χ3n) is 0. The standard InChI is InChI=1S/Mg.H3O4P.H2O4S/c;2*1-5(2,3)4/h;(H3,1,2,3,4);(H2,1,2,3,4)/q+2;;/p-2. The van der Waals surface area contributed by atoms with Crippen LogP contribution in [0.5, 0.6) is 0 Å². The van der Waals surface area contributed by atoms with Gasteiger partial charge in [0.15, 0.2) is 0 Å². The Bertz CT molecular complexity index is 192. The minimum Gasteiger partial charge on any atom is -0.790 e. The van der Waals surface area contributed by atoms with Crippen LogP contribution in [0.25, 0.3) is 0 Å². The minimum atomic E-state index is -5.14. The molecule has 0 saturated heterocycles. The maximum absolute atomic E-state index is 8.74. The van der Waals surface area contributed by atoms with Crippen LogP contribution in [0, 0.1) is 0 Å². The molecule has 0 atom stereocenters. The Hall–Kier alpha value is 0.746. The minimum absolute atomic E-state index is 0. The molecule has 11 heavy (non-hydrogen) atoms. The summed E-state index contributed by atoms with van der Waals surface area (Å²) in [5, 5.41) is 0. The van der Waals surface area contributed by atoms with Gasteiger partial charge in [-0.25, -0.2) is 0 Å². The first-order valence-corrected chi connectivity index (χ1v) is 4.34. The summed E-state index contributed by atoms with van der Waals surface area (Å²) in [4.78, 5) is 24.3. The molecule has 0 heterocycles. The van der Waals surface area contributed by atoms with Crippen molar-refractivity contribution in [3.05, 3.63) is 0 Å². The van der Waals surface area contributed by atoms with Crippen molar-refractivity contribution in [2.75, 3.05) is 0 Å². The van der Waals surface area contributed by atoms with Gasteiger partial charge in [0.25, 0.3) is 0 Å². The molecule has 0 amide bonds. The normalized spacial score (nSPS) is 10.6. The van der Waals surface area contributed by atoms with E-state index in [1.165, 1.54) is 0 Å². The summed E-state index contributed by atoms with van der Waals surface area (Å²) < 4.78 is 40.2. The van der Waals surface area contributed by atoms with Crippen LogP contribution < -0.4 is 9.79 Å². The van der Waals surface area contributed by atoms with Crippen molar-refractivity contribution in [1.82, 2.24) is 0 Å². The summed E-state index contributed by atoms with van der Waals surface area (Å²) in [7, 11) is -9.81. The molecule has 0 bridgehead atoms. The smallest absolute Gasteiger partial charge is 0.790 e. The molecule has 0 spiro atoms. The summed E-state index contributed by atoms with van der Waals surface area (Å²) in [6, 6.07) is 0. The number of phosphoric acid groups is 1. The Morgan fingerprint density at radius 2 is 1.18 bits per heavy atom. The summed E-state index contributed by atoms with van der Waals surface area (Å²) in [5.41, 5.74) is 0. The molecule has 0 aromatic carbocycles. The van der Waals surface area contributed by atoms with Crippen LogP contribution in [0.3, 0.4) is 0 Å². The Labute approximate surface area is 78.2 Å². The maximum Gasteiger partial charge on any atom is 2.00 e. The molecule has 0 aliphatic heterocycles. The molecule has 0 aromatic heterocycles. The van der Waals surface area contributed by atoms with Crippen molar-refractivity contribution in [2.24, 2.45) is 0 Å². The quantitative estimate of drug-likeness (QED) is 0.217. The summed E-state index contributed by atoms with van der Waals surface area (Å²) in [5.74, 6) is 0. The van der Waals surface area contributed by atoms with Crippen molar-refractivity contribution in [2.45, 2.75) is 0 Å². The van der Waals surface area contributed by atoms with E-state index in [2.05, 4.69) is 0 Å². The third kappa shape index (κ3) is 1480. The second-order valence-corrected chi connectivity index (χ2v) is 2.75. The predicted molar refractivity (Wildman–Crippen MR) is 29.8 cm³/mol. The van der Waals surface area contributed by atoms with E-state index in [4.69, 9.17) is 36.8 Å². The molecule has 0 radical (unpaired) electrons. The molecule has 0 rings (SSSR count). The van der Waals surface area contributed by atoms with E-state index in [0.717, 1.165) is 0 Å². The van der Waals surface area contributed by atoms with E-state index < -0.39 is 18.2 Å². The van der Waals surface area contributed by atoms with Gasteiger partial charge in [0, 0.05) is 0 Å². The second kappa shape index (κ2) is 6.28. The van der Waals surface area contributed by atoms with Gasteiger partial charge in [-0.15, -0.1) is 0 Å². The van der Waals surface area contributed by atoms with Crippen LogP contribution in [0.1, 0.15) is 0 Å². The van der Waals surface area contributed by atoms with Gasteiger partial charge in [-0.3, -0.25) is 9.11 Å². The van der Waals surface area contributed by atoms with E-state index in [1.54, 1.807) is 0 Å². The molecule has 0 fully saturated rings. The average molecular weight is 218 g/mol. The molecule has 0 unspecified atom stereocenters. The Morgan fingerprint density at radius 1 is 1.18 bits per heavy atom. The topological polar surface area (TPSA) is 158 Å². The monoisotopic (exact) mass is 218 g/mol. The summed E-state index contributed by atoms with van der Waals surface area (Å²) >= 11 is 0. The predicted octanol–water partition coefficient (Wildman–Crippen LogP) is -3.23. The van der Waals surface area contributed by atoms with Crippen LogP contribution >= 0.6 is 7.82 Å². The van der Waals surface area contributed by atoms with Crippen LogP contribution in [0.15, 0.2) is 0 Å². The van der Waals surface area contributed by atoms with Gasteiger partial charge in [-0.1, -0.05) is 0 Å². The van der Waals surface area contributed by atoms with E-state index in [0.29, 0.717) is 0 Å². The molecule has 64 valence electrons. The third-order valence-corrected chi connectivity index (χ3v) is 0. The number of hydrogen-bond donors (Lipinski definition) is 3. The fourth-order valence-corrected chi connectivity index (χ4v) is 0. The first kappa shape index (κ1) is 17.7. The van der Waals surface area contributed by atoms with Gasteiger partial charge >= 0.3 is 33.5 Å². The fourth-order valence-electron chi connectivity index (χ4n) is 0. The Kier molecular flexibility index (Phi) is 10.1. The zero-order chi connectivity index (χ0) is 9.00. The first-order chi connectivity index (χ1) is 4.00. The van der Waals surface area contributed by atoms with Crippen molar-refractivity contribution < 1.29 is 36.8 Å². The van der Waals surface area contributed by atoms with Crippen LogP contribution in [0.4, 0.5) is 0 Å². The second-order valence-electron chi connectivity index (χ2n) is 0.916. The van der Waals surface area contributed by atoms with Crippen molar-refractivity contribution in [3.63, 3.8) is 0 Å². The van der Waals surface area contributed by atoms with Crippen LogP contribution in [-0.2, 0) is 15.0 Å². The van der Waals surface area contributed by atoms with E-state index in [-0.39, 0.29) is 23.1 Å². The van der Waals surface area contributed by atoms with Gasteiger partial charge in [0.1, 0.15) is 0 Å². The SMILES string of the molecule is O=P([O-])([O-])O.O=S(=O)(O)O.[Mg+2]. The van der Waals surface area contributed by atoms with Crippen LogP contribution in [-0.4, -0.2) is 45.5 Å². The first-order valence-electron chi connectivity index (χ1n) is 1.45. The number of hydrogen-bond acceptors (Lipinski definition) is 5. The van der Waals surface area contributed by atoms with E-state index in [9.17, 15) is 0 Å². The molecule has 0 saturated carbocycles. The van der Waals surface area contributed by atoms with Crippen molar-refractivity contribution in [1.29, 1.82) is 0 Å². The molecule has 11 heteroatoms. The Balaban J connectivity index is -0.000000107. The van der Waals surface area contributed by atoms with Crippen molar-refractivity contribution >= 4 is 41.3 Å². The molecule has 3 N–H and O–H groups in total. The van der Waals surface area contributed by atoms with Crippen LogP contribution in [0.2, 0.25) is 0 Å². The maximum atomic E-state index is 8.74. The fraction of sp³-hybridized carbons (Fsp3) is 0. The molecule has 0 aromatic rings. The van der Waals surface area contributed by atoms with Gasteiger partial charge in [0.2, 0.25) is 0 Å². The Morgan fingerprint density at radius 3 is 1.18 bits per heavy atom. The summed E-state index contributed by atoms with van der Waals surface area (Å²) in [6.45, 7) is 0. The van der Waals surface area contributed by atoms with E-state index in [1.807, 2.05) is 0 Å². The van der Waals surface area contributed by atoms with Gasteiger partial charge < -0.3 is 19.2 Å². The largest absolute Gasteiger partial charge is 2.00 e.